The van der Waals surface area contributed by atoms with Crippen LogP contribution in [0, 0.1) is 0 Å². The van der Waals surface area contributed by atoms with Gasteiger partial charge in [-0.25, -0.2) is 0 Å². The molecule has 0 saturated carbocycles. The molecule has 4 rings (SSSR count). The molecule has 4 aromatic carbocycles. The molecule has 0 unspecified atom stereocenters. The van der Waals surface area contributed by atoms with Gasteiger partial charge in [-0.2, -0.15) is 15.3 Å². The summed E-state index contributed by atoms with van der Waals surface area (Å²) in [6, 6.07) is 39.5. The van der Waals surface area contributed by atoms with Gasteiger partial charge in [-0.1, -0.05) is 54.6 Å². The summed E-state index contributed by atoms with van der Waals surface area (Å²) in [5, 5.41) is 26.4. The Morgan fingerprint density at radius 1 is 0.630 bits per heavy atom. The summed E-state index contributed by atoms with van der Waals surface area (Å²) in [5.41, 5.74) is 1.81. The first-order valence-electron chi connectivity index (χ1n) is 14.3. The summed E-state index contributed by atoms with van der Waals surface area (Å²) in [6.45, 7) is 2.61. The van der Waals surface area contributed by atoms with Gasteiger partial charge >= 0.3 is 17.1 Å². The van der Waals surface area contributed by atoms with Crippen molar-refractivity contribution in [3.8, 4) is 5.75 Å². The summed E-state index contributed by atoms with van der Waals surface area (Å²) >= 11 is 10.2. The number of hydrogen-bond acceptors (Lipinski definition) is 8. The molecular weight excluding hydrogens is 683 g/mol. The van der Waals surface area contributed by atoms with E-state index < -0.39 is 7.26 Å². The number of nitrogens with one attached hydrogen (secondary N) is 2. The van der Waals surface area contributed by atoms with E-state index in [9.17, 15) is 0 Å². The van der Waals surface area contributed by atoms with Gasteiger partial charge in [0.1, 0.15) is 41.2 Å². The minimum Gasteiger partial charge on any atom is -0.741 e. The van der Waals surface area contributed by atoms with Crippen molar-refractivity contribution < 1.29 is 26.5 Å². The molecule has 0 saturated heterocycles. The number of amidine groups is 2. The molecular formula is C34H36CuN6O2PS2+. The van der Waals surface area contributed by atoms with Gasteiger partial charge in [0.15, 0.2) is 6.35 Å². The molecule has 0 aliphatic carbocycles. The van der Waals surface area contributed by atoms with E-state index in [0.717, 1.165) is 5.56 Å². The summed E-state index contributed by atoms with van der Waals surface area (Å²) in [5.74, 6) is 0.704. The Bertz CT molecular complexity index is 1530. The van der Waals surface area contributed by atoms with Crippen molar-refractivity contribution in [2.24, 2.45) is 20.4 Å². The Hall–Kier alpha value is -3.69. The molecule has 46 heavy (non-hydrogen) atoms. The monoisotopic (exact) mass is 718 g/mol. The van der Waals surface area contributed by atoms with Crippen molar-refractivity contribution in [3.63, 3.8) is 0 Å². The second-order valence-corrected chi connectivity index (χ2v) is 13.9. The second-order valence-electron chi connectivity index (χ2n) is 9.67. The molecule has 2 N–H and O–H groups in total. The molecule has 0 spiro atoms. The van der Waals surface area contributed by atoms with Gasteiger partial charge in [-0.15, -0.1) is 5.10 Å². The molecule has 4 aromatic rings. The molecule has 8 nitrogen and oxygen atoms in total. The van der Waals surface area contributed by atoms with Crippen LogP contribution in [0.25, 0.3) is 0 Å². The first kappa shape index (κ1) is 36.8. The van der Waals surface area contributed by atoms with Crippen molar-refractivity contribution >= 4 is 70.2 Å². The van der Waals surface area contributed by atoms with Gasteiger partial charge < -0.3 is 45.4 Å². The standard InChI is InChI=1S/C34H37N6O2PS2.Cu/c1-26(37-39-33(44)35-2)32(38-40-34(45)36-3)27-19-21-28(22-20-27)42-24-23-41-25-43(29-13-7-4-8-14-29,30-15-9-5-10-16-30)31-17-11-6-12-18-31;/h4-22H,23-25H2,1-3H3,(H3-,35,36,37,38,39,40,44,45);/q;+2/p-1. The van der Waals surface area contributed by atoms with Crippen LogP contribution in [-0.2, 0) is 47.1 Å². The average Bonchev–Trinajstić information content (AvgIpc) is 3.10. The SMILES string of the molecule is CN/C([S-])=N/N=C(C)/C(=N/N=C(\[S-])NC)c1ccc(OCCOC[P+](c2ccccc2)(c2ccccc2)c2ccccc2)cc1.[Cu+2]. The second kappa shape index (κ2) is 19.1. The van der Waals surface area contributed by atoms with Crippen molar-refractivity contribution in [1.82, 2.24) is 10.6 Å². The predicted octanol–water partition coefficient (Wildman–Crippen LogP) is 4.36. The fraction of sp³-hybridized carbons (Fsp3) is 0.176. The molecule has 0 amide bonds. The van der Waals surface area contributed by atoms with Crippen LogP contribution in [-0.4, -0.2) is 55.4 Å². The third kappa shape index (κ3) is 9.90. The molecule has 0 aromatic heterocycles. The first-order chi connectivity index (χ1) is 22.0. The van der Waals surface area contributed by atoms with Gasteiger partial charge in [0.25, 0.3) is 0 Å². The number of benzene rings is 4. The van der Waals surface area contributed by atoms with E-state index in [4.69, 9.17) is 34.7 Å². The zero-order chi connectivity index (χ0) is 31.9. The zero-order valence-electron chi connectivity index (χ0n) is 25.8. The maximum absolute atomic E-state index is 6.43. The van der Waals surface area contributed by atoms with Crippen molar-refractivity contribution in [2.45, 2.75) is 6.92 Å². The molecule has 0 atom stereocenters. The summed E-state index contributed by atoms with van der Waals surface area (Å²) < 4.78 is 12.5. The van der Waals surface area contributed by atoms with Crippen LogP contribution in [0.2, 0.25) is 0 Å². The quantitative estimate of drug-likeness (QED) is 0.0407. The van der Waals surface area contributed by atoms with Gasteiger partial charge in [-0.3, -0.25) is 0 Å². The van der Waals surface area contributed by atoms with Gasteiger partial charge in [0.2, 0.25) is 0 Å². The fourth-order valence-corrected chi connectivity index (χ4v) is 8.42. The molecule has 1 radical (unpaired) electrons. The van der Waals surface area contributed by atoms with Crippen LogP contribution in [0.15, 0.2) is 136 Å². The minimum absolute atomic E-state index is 0. The van der Waals surface area contributed by atoms with Crippen molar-refractivity contribution in [1.29, 1.82) is 0 Å². The van der Waals surface area contributed by atoms with Gasteiger partial charge in [-0.05, 0) is 77.9 Å². The largest absolute Gasteiger partial charge is 2.00 e. The number of ether oxygens (including phenoxy) is 2. The smallest absolute Gasteiger partial charge is 0.741 e. The van der Waals surface area contributed by atoms with Crippen LogP contribution >= 0.6 is 7.26 Å². The fourth-order valence-electron chi connectivity index (χ4n) is 4.55. The van der Waals surface area contributed by atoms with E-state index in [1.165, 1.54) is 15.9 Å². The molecule has 0 heterocycles. The molecule has 0 fully saturated rings. The molecule has 241 valence electrons. The van der Waals surface area contributed by atoms with Crippen LogP contribution in [0.3, 0.4) is 0 Å². The first-order valence-corrected chi connectivity index (χ1v) is 17.1. The summed E-state index contributed by atoms with van der Waals surface area (Å²) in [7, 11) is 1.30. The molecule has 0 aliphatic heterocycles. The minimum atomic E-state index is -2.07. The Balaban J connectivity index is 0.00000576. The molecule has 0 aliphatic rings. The van der Waals surface area contributed by atoms with Gasteiger partial charge in [0, 0.05) is 19.7 Å². The third-order valence-corrected chi connectivity index (χ3v) is 11.5. The van der Waals surface area contributed by atoms with Crippen molar-refractivity contribution in [2.75, 3.05) is 33.7 Å². The van der Waals surface area contributed by atoms with E-state index in [1.807, 2.05) is 24.3 Å². The Morgan fingerprint density at radius 3 is 1.54 bits per heavy atom. The number of rotatable bonds is 13. The van der Waals surface area contributed by atoms with Gasteiger partial charge in [0.05, 0.1) is 12.3 Å². The van der Waals surface area contributed by atoms with E-state index >= 15 is 0 Å². The van der Waals surface area contributed by atoms with E-state index in [2.05, 4.69) is 122 Å². The van der Waals surface area contributed by atoms with E-state index in [0.29, 0.717) is 36.7 Å². The maximum Gasteiger partial charge on any atom is 2.00 e. The maximum atomic E-state index is 6.43. The predicted molar refractivity (Wildman–Crippen MR) is 195 cm³/mol. The summed E-state index contributed by atoms with van der Waals surface area (Å²) in [4.78, 5) is 0. The third-order valence-electron chi connectivity index (χ3n) is 6.80. The Labute approximate surface area is 293 Å². The van der Waals surface area contributed by atoms with E-state index in [1.54, 1.807) is 21.0 Å². The Kier molecular flexibility index (Phi) is 15.3. The topological polar surface area (TPSA) is 92.0 Å². The summed E-state index contributed by atoms with van der Waals surface area (Å²) in [6.07, 6.45) is 0.561. The van der Waals surface area contributed by atoms with E-state index in [-0.39, 0.29) is 27.4 Å². The molecule has 0 bridgehead atoms. The normalized spacial score (nSPS) is 12.7. The Morgan fingerprint density at radius 2 is 1.09 bits per heavy atom. The van der Waals surface area contributed by atoms with Crippen molar-refractivity contribution in [3.05, 3.63) is 121 Å². The van der Waals surface area contributed by atoms with Crippen LogP contribution in [0.1, 0.15) is 12.5 Å². The molecule has 12 heteroatoms. The van der Waals surface area contributed by atoms with Crippen LogP contribution in [0.5, 0.6) is 5.75 Å². The number of nitrogens with zero attached hydrogens (tertiary/aromatic N) is 4. The van der Waals surface area contributed by atoms with Crippen LogP contribution in [0.4, 0.5) is 0 Å². The zero-order valence-corrected chi connectivity index (χ0v) is 29.2. The average molecular weight is 719 g/mol. The number of hydrogen-bond donors (Lipinski definition) is 2. The van der Waals surface area contributed by atoms with Crippen LogP contribution < -0.4 is 31.3 Å².